The largest absolute Gasteiger partial charge is 0.420 e. The molecular weight excluding hydrogens is 338 g/mol. The molecule has 0 unspecified atom stereocenters. The number of hydrogen-bond acceptors (Lipinski definition) is 4. The molecule has 0 fully saturated rings. The topological polar surface area (TPSA) is 77.1 Å². The molecule has 0 aliphatic heterocycles. The third-order valence-corrected chi connectivity index (χ3v) is 3.34. The molecule has 6 nitrogen and oxygen atoms in total. The fraction of sp³-hybridized carbons (Fsp3) is 0.0714. The van der Waals surface area contributed by atoms with Crippen LogP contribution in [0.1, 0.15) is 0 Å². The molecule has 7 heteroatoms. The van der Waals surface area contributed by atoms with Gasteiger partial charge in [0.15, 0.2) is 5.58 Å². The van der Waals surface area contributed by atoms with E-state index in [1.807, 2.05) is 0 Å². The molecule has 3 aromatic rings. The summed E-state index contributed by atoms with van der Waals surface area (Å²) >= 11 is 3.26. The van der Waals surface area contributed by atoms with Crippen molar-refractivity contribution in [1.29, 1.82) is 0 Å². The molecule has 1 aromatic carbocycles. The first kappa shape index (κ1) is 13.6. The summed E-state index contributed by atoms with van der Waals surface area (Å²) in [7, 11) is 0. The Kier molecular flexibility index (Phi) is 3.57. The van der Waals surface area contributed by atoms with Crippen LogP contribution in [0.2, 0.25) is 0 Å². The number of carbonyl (C=O) groups excluding carboxylic acids is 1. The van der Waals surface area contributed by atoms with Crippen molar-refractivity contribution in [1.82, 2.24) is 9.55 Å². The summed E-state index contributed by atoms with van der Waals surface area (Å²) in [5.41, 5.74) is 1.04. The van der Waals surface area contributed by atoms with Crippen molar-refractivity contribution in [2.24, 2.45) is 0 Å². The third-order valence-electron chi connectivity index (χ3n) is 2.87. The van der Waals surface area contributed by atoms with E-state index in [-0.39, 0.29) is 12.5 Å². The maximum absolute atomic E-state index is 12.0. The maximum Gasteiger partial charge on any atom is 0.420 e. The number of amides is 1. The van der Waals surface area contributed by atoms with Gasteiger partial charge >= 0.3 is 5.76 Å². The van der Waals surface area contributed by atoms with Crippen LogP contribution in [0.15, 0.2) is 56.3 Å². The maximum atomic E-state index is 12.0. The summed E-state index contributed by atoms with van der Waals surface area (Å²) in [6.45, 7) is -0.131. The molecule has 2 aromatic heterocycles. The first-order valence-corrected chi connectivity index (χ1v) is 6.92. The Hall–Kier alpha value is -2.41. The molecule has 0 saturated heterocycles. The predicted molar refractivity (Wildman–Crippen MR) is 81.0 cm³/mol. The number of nitrogens with zero attached hydrogens (tertiary/aromatic N) is 2. The monoisotopic (exact) mass is 347 g/mol. The normalized spacial score (nSPS) is 10.7. The van der Waals surface area contributed by atoms with Gasteiger partial charge in [0.25, 0.3) is 0 Å². The number of halogens is 1. The lowest BCUT2D eigenvalue weighted by molar-refractivity contribution is -0.116. The third kappa shape index (κ3) is 2.87. The molecule has 0 radical (unpaired) electrons. The molecule has 1 amide bonds. The summed E-state index contributed by atoms with van der Waals surface area (Å²) in [6, 6.07) is 10.4. The standard InChI is InChI=1S/C14H10BrN3O3/c15-9-5-6-12(16-7-9)17-13(19)8-18-10-3-1-2-4-11(10)21-14(18)20/h1-7H,8H2,(H,16,17,19). The number of para-hydroxylation sites is 2. The molecule has 21 heavy (non-hydrogen) atoms. The molecule has 0 spiro atoms. The van der Waals surface area contributed by atoms with Gasteiger partial charge in [0, 0.05) is 10.7 Å². The lowest BCUT2D eigenvalue weighted by Crippen LogP contribution is -2.25. The Morgan fingerprint density at radius 1 is 1.29 bits per heavy atom. The van der Waals surface area contributed by atoms with Crippen molar-refractivity contribution in [3.05, 3.63) is 57.6 Å². The van der Waals surface area contributed by atoms with Crippen LogP contribution >= 0.6 is 15.9 Å². The minimum absolute atomic E-state index is 0.131. The van der Waals surface area contributed by atoms with E-state index < -0.39 is 5.76 Å². The highest BCUT2D eigenvalue weighted by atomic mass is 79.9. The zero-order valence-electron chi connectivity index (χ0n) is 10.7. The molecule has 1 N–H and O–H groups in total. The molecule has 0 aliphatic rings. The highest BCUT2D eigenvalue weighted by Gasteiger charge is 2.12. The van der Waals surface area contributed by atoms with E-state index >= 15 is 0 Å². The Morgan fingerprint density at radius 2 is 2.10 bits per heavy atom. The predicted octanol–water partition coefficient (Wildman–Crippen LogP) is 2.39. The first-order valence-electron chi connectivity index (χ1n) is 6.13. The van der Waals surface area contributed by atoms with Gasteiger partial charge in [-0.1, -0.05) is 12.1 Å². The van der Waals surface area contributed by atoms with Crippen molar-refractivity contribution in [2.45, 2.75) is 6.54 Å². The smallest absolute Gasteiger partial charge is 0.408 e. The molecule has 106 valence electrons. The summed E-state index contributed by atoms with van der Waals surface area (Å²) in [5, 5.41) is 2.63. The SMILES string of the molecule is O=C(Cn1c(=O)oc2ccccc21)Nc1ccc(Br)cn1. The Balaban J connectivity index is 1.82. The fourth-order valence-electron chi connectivity index (χ4n) is 1.94. The summed E-state index contributed by atoms with van der Waals surface area (Å²) < 4.78 is 7.17. The van der Waals surface area contributed by atoms with Crippen LogP contribution in [-0.2, 0) is 11.3 Å². The number of nitrogens with one attached hydrogen (secondary N) is 1. The zero-order chi connectivity index (χ0) is 14.8. The van der Waals surface area contributed by atoms with E-state index in [0.717, 1.165) is 4.47 Å². The van der Waals surface area contributed by atoms with Gasteiger partial charge in [-0.2, -0.15) is 0 Å². The molecule has 0 aliphatic carbocycles. The van der Waals surface area contributed by atoms with Gasteiger partial charge in [-0.25, -0.2) is 9.78 Å². The van der Waals surface area contributed by atoms with Crippen molar-refractivity contribution in [2.75, 3.05) is 5.32 Å². The molecule has 0 bridgehead atoms. The zero-order valence-corrected chi connectivity index (χ0v) is 12.3. The van der Waals surface area contributed by atoms with Gasteiger partial charge in [0.1, 0.15) is 12.4 Å². The minimum Gasteiger partial charge on any atom is -0.408 e. The van der Waals surface area contributed by atoms with Gasteiger partial charge in [-0.3, -0.25) is 9.36 Å². The van der Waals surface area contributed by atoms with Crippen LogP contribution < -0.4 is 11.1 Å². The van der Waals surface area contributed by atoms with Gasteiger partial charge in [0.05, 0.1) is 5.52 Å². The molecular formula is C14H10BrN3O3. The van der Waals surface area contributed by atoms with E-state index in [2.05, 4.69) is 26.2 Å². The average molecular weight is 348 g/mol. The Labute approximate surface area is 127 Å². The van der Waals surface area contributed by atoms with Crippen LogP contribution in [0.5, 0.6) is 0 Å². The number of hydrogen-bond donors (Lipinski definition) is 1. The number of fused-ring (bicyclic) bond motifs is 1. The quantitative estimate of drug-likeness (QED) is 0.789. The van der Waals surface area contributed by atoms with Gasteiger partial charge in [-0.15, -0.1) is 0 Å². The van der Waals surface area contributed by atoms with Crippen molar-refractivity contribution in [3.63, 3.8) is 0 Å². The van der Waals surface area contributed by atoms with Gasteiger partial charge in [-0.05, 0) is 40.2 Å². The molecule has 2 heterocycles. The number of rotatable bonds is 3. The van der Waals surface area contributed by atoms with E-state index in [1.54, 1.807) is 42.6 Å². The molecule has 0 saturated carbocycles. The van der Waals surface area contributed by atoms with Crippen LogP contribution in [0.3, 0.4) is 0 Å². The van der Waals surface area contributed by atoms with Gasteiger partial charge in [0.2, 0.25) is 5.91 Å². The second-order valence-corrected chi connectivity index (χ2v) is 5.25. The lowest BCUT2D eigenvalue weighted by atomic mass is 10.3. The number of anilines is 1. The number of oxazole rings is 1. The summed E-state index contributed by atoms with van der Waals surface area (Å²) in [4.78, 5) is 27.8. The lowest BCUT2D eigenvalue weighted by Gasteiger charge is -2.04. The van der Waals surface area contributed by atoms with E-state index in [4.69, 9.17) is 4.42 Å². The Bertz CT molecular complexity index is 852. The minimum atomic E-state index is -0.560. The van der Waals surface area contributed by atoms with E-state index in [1.165, 1.54) is 4.57 Å². The summed E-state index contributed by atoms with van der Waals surface area (Å²) in [6.07, 6.45) is 1.58. The van der Waals surface area contributed by atoms with E-state index in [9.17, 15) is 9.59 Å². The number of benzene rings is 1. The van der Waals surface area contributed by atoms with Crippen LogP contribution in [0.4, 0.5) is 5.82 Å². The molecule has 0 atom stereocenters. The van der Waals surface area contributed by atoms with Crippen molar-refractivity contribution < 1.29 is 9.21 Å². The highest BCUT2D eigenvalue weighted by Crippen LogP contribution is 2.13. The Morgan fingerprint density at radius 3 is 2.86 bits per heavy atom. The second kappa shape index (κ2) is 5.53. The second-order valence-electron chi connectivity index (χ2n) is 4.33. The highest BCUT2D eigenvalue weighted by molar-refractivity contribution is 9.10. The van der Waals surface area contributed by atoms with Crippen LogP contribution in [-0.4, -0.2) is 15.5 Å². The fourth-order valence-corrected chi connectivity index (χ4v) is 2.17. The summed E-state index contributed by atoms with van der Waals surface area (Å²) in [5.74, 6) is -0.488. The van der Waals surface area contributed by atoms with Crippen molar-refractivity contribution >= 4 is 38.8 Å². The van der Waals surface area contributed by atoms with Crippen LogP contribution in [0, 0.1) is 0 Å². The number of aromatic nitrogens is 2. The molecule has 3 rings (SSSR count). The van der Waals surface area contributed by atoms with E-state index in [0.29, 0.717) is 16.9 Å². The van der Waals surface area contributed by atoms with Crippen molar-refractivity contribution in [3.8, 4) is 0 Å². The van der Waals surface area contributed by atoms with Crippen LogP contribution in [0.25, 0.3) is 11.1 Å². The number of carbonyl (C=O) groups is 1. The van der Waals surface area contributed by atoms with Gasteiger partial charge < -0.3 is 9.73 Å². The first-order chi connectivity index (χ1) is 10.1. The number of pyridine rings is 1. The average Bonchev–Trinajstić information content (AvgIpc) is 2.78.